The molecule has 0 unspecified atom stereocenters. The summed E-state index contributed by atoms with van der Waals surface area (Å²) in [5.74, 6) is 0. The van der Waals surface area contributed by atoms with Gasteiger partial charge in [-0.1, -0.05) is 12.8 Å². The number of halogens is 1. The molecule has 0 bridgehead atoms. The van der Waals surface area contributed by atoms with E-state index in [1.54, 1.807) is 16.8 Å². The third kappa shape index (κ3) is 2.65. The van der Waals surface area contributed by atoms with Crippen molar-refractivity contribution in [3.05, 3.63) is 45.0 Å². The molecule has 0 spiro atoms. The molecule has 0 radical (unpaired) electrons. The molecule has 2 N–H and O–H groups in total. The van der Waals surface area contributed by atoms with E-state index in [9.17, 15) is 4.79 Å². The zero-order valence-electron chi connectivity index (χ0n) is 11.1. The van der Waals surface area contributed by atoms with Crippen LogP contribution in [0.15, 0.2) is 33.8 Å². The van der Waals surface area contributed by atoms with E-state index in [1.807, 2.05) is 16.9 Å². The smallest absolute Gasteiger partial charge is 0.265 e. The van der Waals surface area contributed by atoms with Crippen molar-refractivity contribution in [3.63, 3.8) is 0 Å². The average Bonchev–Trinajstić information content (AvgIpc) is 3.05. The monoisotopic (exact) mass is 336 g/mol. The first-order valence-electron chi connectivity index (χ1n) is 6.83. The Hall–Kier alpha value is -1.56. The number of aromatic nitrogens is 3. The van der Waals surface area contributed by atoms with Crippen molar-refractivity contribution in [1.82, 2.24) is 14.3 Å². The third-order valence-corrected chi connectivity index (χ3v) is 4.33. The van der Waals surface area contributed by atoms with E-state index in [2.05, 4.69) is 21.0 Å². The topological polar surface area (TPSA) is 65.8 Å². The van der Waals surface area contributed by atoms with Gasteiger partial charge in [0.15, 0.2) is 0 Å². The van der Waals surface area contributed by atoms with Gasteiger partial charge in [-0.25, -0.2) is 0 Å². The number of rotatable bonds is 3. The third-order valence-electron chi connectivity index (χ3n) is 3.76. The second-order valence-electron chi connectivity index (χ2n) is 5.28. The van der Waals surface area contributed by atoms with Gasteiger partial charge in [-0.05, 0) is 40.9 Å². The Kier molecular flexibility index (Phi) is 3.65. The van der Waals surface area contributed by atoms with Crippen LogP contribution in [-0.2, 0) is 6.54 Å². The highest BCUT2D eigenvalue weighted by atomic mass is 79.9. The Labute approximate surface area is 125 Å². The Bertz CT molecular complexity index is 670. The van der Waals surface area contributed by atoms with E-state index in [0.717, 1.165) is 5.69 Å². The first-order chi connectivity index (χ1) is 9.63. The maximum absolute atomic E-state index is 12.0. The molecule has 2 aromatic heterocycles. The summed E-state index contributed by atoms with van der Waals surface area (Å²) in [6, 6.07) is 4.12. The number of nitrogen functional groups attached to an aromatic ring is 1. The van der Waals surface area contributed by atoms with E-state index in [1.165, 1.54) is 25.7 Å². The Morgan fingerprint density at radius 3 is 2.90 bits per heavy atom. The predicted octanol–water partition coefficient (Wildman–Crippen LogP) is 2.55. The van der Waals surface area contributed by atoms with E-state index < -0.39 is 0 Å². The van der Waals surface area contributed by atoms with Crippen LogP contribution in [0.25, 0.3) is 0 Å². The van der Waals surface area contributed by atoms with Gasteiger partial charge in [0, 0.05) is 18.1 Å². The lowest BCUT2D eigenvalue weighted by Gasteiger charge is -2.09. The number of nitrogens with zero attached hydrogens (tertiary/aromatic N) is 3. The minimum Gasteiger partial charge on any atom is -0.398 e. The van der Waals surface area contributed by atoms with Gasteiger partial charge in [0.1, 0.15) is 0 Å². The van der Waals surface area contributed by atoms with E-state index in [0.29, 0.717) is 22.7 Å². The highest BCUT2D eigenvalue weighted by Gasteiger charge is 2.17. The average molecular weight is 337 g/mol. The van der Waals surface area contributed by atoms with Crippen molar-refractivity contribution < 1.29 is 0 Å². The number of pyridine rings is 1. The summed E-state index contributed by atoms with van der Waals surface area (Å²) in [6.07, 6.45) is 8.62. The zero-order chi connectivity index (χ0) is 14.1. The number of hydrogen-bond acceptors (Lipinski definition) is 3. The SMILES string of the molecule is Nc1cc(Br)c(=O)n(Cc2ccn(C3CCCC3)n2)c1. The number of anilines is 1. The summed E-state index contributed by atoms with van der Waals surface area (Å²) in [6.45, 7) is 0.447. The standard InChI is InChI=1S/C14H17BrN4O/c15-13-7-10(16)8-18(14(13)20)9-11-5-6-19(17-11)12-3-1-2-4-12/h5-8,12H,1-4,9,16H2. The van der Waals surface area contributed by atoms with Crippen LogP contribution in [0.5, 0.6) is 0 Å². The van der Waals surface area contributed by atoms with Crippen molar-refractivity contribution in [1.29, 1.82) is 0 Å². The minimum absolute atomic E-state index is 0.0883. The normalized spacial score (nSPS) is 15.8. The molecule has 1 aliphatic rings. The molecular formula is C14H17BrN4O. The van der Waals surface area contributed by atoms with Crippen LogP contribution < -0.4 is 11.3 Å². The molecule has 3 rings (SSSR count). The molecule has 1 fully saturated rings. The number of hydrogen-bond donors (Lipinski definition) is 1. The van der Waals surface area contributed by atoms with Crippen LogP contribution in [0.2, 0.25) is 0 Å². The molecular weight excluding hydrogens is 320 g/mol. The second-order valence-corrected chi connectivity index (χ2v) is 6.13. The van der Waals surface area contributed by atoms with Crippen molar-refractivity contribution in [2.24, 2.45) is 0 Å². The van der Waals surface area contributed by atoms with Crippen molar-refractivity contribution in [2.45, 2.75) is 38.3 Å². The maximum atomic E-state index is 12.0. The first-order valence-corrected chi connectivity index (χ1v) is 7.62. The minimum atomic E-state index is -0.0883. The van der Waals surface area contributed by atoms with Crippen molar-refractivity contribution in [2.75, 3.05) is 5.73 Å². The van der Waals surface area contributed by atoms with Gasteiger partial charge in [0.05, 0.1) is 22.8 Å². The van der Waals surface area contributed by atoms with Crippen molar-refractivity contribution in [3.8, 4) is 0 Å². The van der Waals surface area contributed by atoms with Gasteiger partial charge in [-0.15, -0.1) is 0 Å². The quantitative estimate of drug-likeness (QED) is 0.936. The number of nitrogens with two attached hydrogens (primary N) is 1. The molecule has 0 aromatic carbocycles. The summed E-state index contributed by atoms with van der Waals surface area (Å²) in [5.41, 5.74) is 7.13. The summed E-state index contributed by atoms with van der Waals surface area (Å²) < 4.78 is 4.10. The van der Waals surface area contributed by atoms with Crippen molar-refractivity contribution >= 4 is 21.6 Å². The maximum Gasteiger partial charge on any atom is 0.265 e. The van der Waals surface area contributed by atoms with E-state index >= 15 is 0 Å². The Balaban J connectivity index is 1.83. The highest BCUT2D eigenvalue weighted by molar-refractivity contribution is 9.10. The second kappa shape index (κ2) is 5.44. The van der Waals surface area contributed by atoms with Crippen LogP contribution >= 0.6 is 15.9 Å². The van der Waals surface area contributed by atoms with Gasteiger partial charge in [-0.2, -0.15) is 5.10 Å². The van der Waals surface area contributed by atoms with Crippen LogP contribution in [0.1, 0.15) is 37.4 Å². The molecule has 6 heteroatoms. The van der Waals surface area contributed by atoms with Gasteiger partial charge >= 0.3 is 0 Å². The lowest BCUT2D eigenvalue weighted by atomic mass is 10.3. The fourth-order valence-corrected chi connectivity index (χ4v) is 3.24. The molecule has 0 saturated heterocycles. The molecule has 1 saturated carbocycles. The lowest BCUT2D eigenvalue weighted by Crippen LogP contribution is -2.21. The van der Waals surface area contributed by atoms with Crippen LogP contribution in [-0.4, -0.2) is 14.3 Å². The molecule has 20 heavy (non-hydrogen) atoms. The Morgan fingerprint density at radius 1 is 1.40 bits per heavy atom. The summed E-state index contributed by atoms with van der Waals surface area (Å²) in [7, 11) is 0. The molecule has 0 atom stereocenters. The fourth-order valence-electron chi connectivity index (χ4n) is 2.75. The summed E-state index contributed by atoms with van der Waals surface area (Å²) in [5, 5.41) is 4.59. The lowest BCUT2D eigenvalue weighted by molar-refractivity contribution is 0.461. The molecule has 106 valence electrons. The molecule has 2 aromatic rings. The first kappa shape index (κ1) is 13.4. The molecule has 0 amide bonds. The fraction of sp³-hybridized carbons (Fsp3) is 0.429. The van der Waals surface area contributed by atoms with Gasteiger partial charge in [0.25, 0.3) is 5.56 Å². The van der Waals surface area contributed by atoms with Crippen LogP contribution in [0.4, 0.5) is 5.69 Å². The van der Waals surface area contributed by atoms with Gasteiger partial charge in [0.2, 0.25) is 0 Å². The van der Waals surface area contributed by atoms with Gasteiger partial charge < -0.3 is 10.3 Å². The predicted molar refractivity (Wildman–Crippen MR) is 81.6 cm³/mol. The van der Waals surface area contributed by atoms with Gasteiger partial charge in [-0.3, -0.25) is 9.48 Å². The van der Waals surface area contributed by atoms with Crippen LogP contribution in [0, 0.1) is 0 Å². The van der Waals surface area contributed by atoms with E-state index in [4.69, 9.17) is 5.73 Å². The Morgan fingerprint density at radius 2 is 2.15 bits per heavy atom. The molecule has 1 aliphatic carbocycles. The highest BCUT2D eigenvalue weighted by Crippen LogP contribution is 2.28. The largest absolute Gasteiger partial charge is 0.398 e. The van der Waals surface area contributed by atoms with Crippen LogP contribution in [0.3, 0.4) is 0 Å². The molecule has 2 heterocycles. The molecule has 5 nitrogen and oxygen atoms in total. The molecule has 0 aliphatic heterocycles. The summed E-state index contributed by atoms with van der Waals surface area (Å²) >= 11 is 3.23. The van der Waals surface area contributed by atoms with E-state index in [-0.39, 0.29) is 5.56 Å². The summed E-state index contributed by atoms with van der Waals surface area (Å²) in [4.78, 5) is 12.0. The zero-order valence-corrected chi connectivity index (χ0v) is 12.7.